The molecule has 2 heterocycles. The maximum Gasteiger partial charge on any atom is 0.238 e. The number of hydrogen-bond donors (Lipinski definition) is 1. The fraction of sp³-hybridized carbons (Fsp3) is 0.333. The molecule has 0 spiro atoms. The largest absolute Gasteiger partial charge is 0.310 e. The van der Waals surface area contributed by atoms with Gasteiger partial charge in [0.25, 0.3) is 0 Å². The molecule has 0 fully saturated rings. The van der Waals surface area contributed by atoms with Gasteiger partial charge < -0.3 is 5.32 Å². The van der Waals surface area contributed by atoms with Gasteiger partial charge in [0.2, 0.25) is 5.91 Å². The van der Waals surface area contributed by atoms with Crippen molar-refractivity contribution >= 4 is 34.4 Å². The summed E-state index contributed by atoms with van der Waals surface area (Å²) in [6, 6.07) is 9.86. The molecular formula is C18H21N5OS. The molecule has 2 aromatic heterocycles. The van der Waals surface area contributed by atoms with Crippen LogP contribution in [-0.4, -0.2) is 30.9 Å². The zero-order valence-corrected chi connectivity index (χ0v) is 15.3. The van der Waals surface area contributed by atoms with Crippen molar-refractivity contribution in [1.29, 1.82) is 0 Å². The van der Waals surface area contributed by atoms with Crippen LogP contribution in [-0.2, 0) is 4.79 Å². The van der Waals surface area contributed by atoms with Crippen molar-refractivity contribution < 1.29 is 4.79 Å². The highest BCUT2D eigenvalue weighted by atomic mass is 32.2. The van der Waals surface area contributed by atoms with Crippen LogP contribution < -0.4 is 5.32 Å². The zero-order chi connectivity index (χ0) is 17.8. The minimum absolute atomic E-state index is 0.0715. The van der Waals surface area contributed by atoms with E-state index in [0.717, 1.165) is 28.2 Å². The number of carbonyl (C=O) groups is 1. The molecule has 130 valence electrons. The van der Waals surface area contributed by atoms with E-state index in [2.05, 4.69) is 34.2 Å². The average Bonchev–Trinajstić information content (AvgIpc) is 3.09. The summed E-state index contributed by atoms with van der Waals surface area (Å²) in [7, 11) is 0. The number of nitrogens with zero attached hydrogens (tertiary/aromatic N) is 4. The van der Waals surface area contributed by atoms with E-state index < -0.39 is 0 Å². The second kappa shape index (κ2) is 7.65. The lowest BCUT2D eigenvalue weighted by atomic mass is 10.2. The molecular weight excluding hydrogens is 334 g/mol. The summed E-state index contributed by atoms with van der Waals surface area (Å²) in [6.45, 7) is 6.05. The number of nitrogens with one attached hydrogen (secondary N) is 1. The van der Waals surface area contributed by atoms with Crippen LogP contribution in [0.1, 0.15) is 33.2 Å². The van der Waals surface area contributed by atoms with Crippen LogP contribution in [0.2, 0.25) is 0 Å². The van der Waals surface area contributed by atoms with E-state index in [1.807, 2.05) is 41.9 Å². The molecule has 1 N–H and O–H groups in total. The number of thioether (sulfide) groups is 1. The van der Waals surface area contributed by atoms with Crippen molar-refractivity contribution in [3.8, 4) is 0 Å². The first-order valence-corrected chi connectivity index (χ1v) is 9.19. The van der Waals surface area contributed by atoms with Crippen LogP contribution >= 0.6 is 11.8 Å². The quantitative estimate of drug-likeness (QED) is 0.536. The Bertz CT molecular complexity index is 873. The lowest BCUT2D eigenvalue weighted by Gasteiger charge is -2.16. The molecule has 0 aliphatic rings. The van der Waals surface area contributed by atoms with Gasteiger partial charge in [0.15, 0.2) is 0 Å². The number of aromatic nitrogens is 4. The summed E-state index contributed by atoms with van der Waals surface area (Å²) >= 11 is 1.43. The summed E-state index contributed by atoms with van der Waals surface area (Å²) in [5, 5.41) is 8.74. The molecule has 7 heteroatoms. The SMILES string of the molecule is CC[C@@H](C)n1nccc1NC(=O)[C@@H](C)Sc1ncnc2ccccc12. The van der Waals surface area contributed by atoms with Crippen LogP contribution in [0.4, 0.5) is 5.82 Å². The fourth-order valence-corrected chi connectivity index (χ4v) is 3.37. The van der Waals surface area contributed by atoms with Crippen molar-refractivity contribution in [2.45, 2.75) is 43.5 Å². The van der Waals surface area contributed by atoms with Gasteiger partial charge in [0.1, 0.15) is 17.2 Å². The van der Waals surface area contributed by atoms with E-state index in [1.54, 1.807) is 6.20 Å². The van der Waals surface area contributed by atoms with Crippen LogP contribution in [0.25, 0.3) is 10.9 Å². The van der Waals surface area contributed by atoms with Crippen LogP contribution in [0.15, 0.2) is 47.9 Å². The number of rotatable bonds is 6. The predicted molar refractivity (Wildman–Crippen MR) is 101 cm³/mol. The minimum Gasteiger partial charge on any atom is -0.310 e. The van der Waals surface area contributed by atoms with Crippen molar-refractivity contribution in [2.75, 3.05) is 5.32 Å². The summed E-state index contributed by atoms with van der Waals surface area (Å²) in [6.07, 6.45) is 4.19. The van der Waals surface area contributed by atoms with Gasteiger partial charge in [0.05, 0.1) is 23.0 Å². The molecule has 0 aliphatic carbocycles. The van der Waals surface area contributed by atoms with Crippen molar-refractivity contribution in [3.05, 3.63) is 42.9 Å². The standard InChI is InChI=1S/C18H21N5OS/c1-4-12(2)23-16(9-10-21-23)22-17(24)13(3)25-18-14-7-5-6-8-15(14)19-11-20-18/h5-13H,4H2,1-3H3,(H,22,24)/t12-,13-/m1/s1. The number of anilines is 1. The van der Waals surface area contributed by atoms with E-state index >= 15 is 0 Å². The number of carbonyl (C=O) groups excluding carboxylic acids is 1. The monoisotopic (exact) mass is 355 g/mol. The van der Waals surface area contributed by atoms with Gasteiger partial charge in [-0.25, -0.2) is 14.6 Å². The van der Waals surface area contributed by atoms with Crippen molar-refractivity contribution in [2.24, 2.45) is 0 Å². The predicted octanol–water partition coefficient (Wildman–Crippen LogP) is 3.92. The summed E-state index contributed by atoms with van der Waals surface area (Å²) in [4.78, 5) is 21.2. The molecule has 0 saturated heterocycles. The van der Waals surface area contributed by atoms with Crippen molar-refractivity contribution in [3.63, 3.8) is 0 Å². The Morgan fingerprint density at radius 2 is 2.04 bits per heavy atom. The zero-order valence-electron chi connectivity index (χ0n) is 14.5. The van der Waals surface area contributed by atoms with E-state index in [1.165, 1.54) is 18.1 Å². The van der Waals surface area contributed by atoms with Crippen LogP contribution in [0, 0.1) is 0 Å². The minimum atomic E-state index is -0.293. The summed E-state index contributed by atoms with van der Waals surface area (Å²) < 4.78 is 1.84. The summed E-state index contributed by atoms with van der Waals surface area (Å²) in [5.74, 6) is 0.650. The smallest absolute Gasteiger partial charge is 0.238 e. The highest BCUT2D eigenvalue weighted by Crippen LogP contribution is 2.28. The lowest BCUT2D eigenvalue weighted by Crippen LogP contribution is -2.25. The number of para-hydroxylation sites is 1. The number of benzene rings is 1. The topological polar surface area (TPSA) is 72.7 Å². The first kappa shape index (κ1) is 17.4. The molecule has 0 radical (unpaired) electrons. The Balaban J connectivity index is 1.74. The van der Waals surface area contributed by atoms with Gasteiger partial charge in [-0.1, -0.05) is 36.9 Å². The molecule has 0 unspecified atom stereocenters. The molecule has 0 bridgehead atoms. The second-order valence-corrected chi connectivity index (χ2v) is 7.19. The van der Waals surface area contributed by atoms with E-state index in [9.17, 15) is 4.79 Å². The molecule has 1 aromatic carbocycles. The number of amides is 1. The number of hydrogen-bond acceptors (Lipinski definition) is 5. The van der Waals surface area contributed by atoms with Crippen LogP contribution in [0.3, 0.4) is 0 Å². The highest BCUT2D eigenvalue weighted by molar-refractivity contribution is 8.00. The van der Waals surface area contributed by atoms with Crippen LogP contribution in [0.5, 0.6) is 0 Å². The van der Waals surface area contributed by atoms with E-state index in [4.69, 9.17) is 0 Å². The van der Waals surface area contributed by atoms with E-state index in [-0.39, 0.29) is 17.2 Å². The molecule has 0 aliphatic heterocycles. The molecule has 1 amide bonds. The molecule has 6 nitrogen and oxygen atoms in total. The van der Waals surface area contributed by atoms with Gasteiger partial charge in [0, 0.05) is 11.5 Å². The molecule has 0 saturated carbocycles. The Kier molecular flexibility index (Phi) is 5.33. The highest BCUT2D eigenvalue weighted by Gasteiger charge is 2.19. The maximum absolute atomic E-state index is 12.6. The Labute approximate surface area is 151 Å². The van der Waals surface area contributed by atoms with Gasteiger partial charge in [-0.15, -0.1) is 0 Å². The van der Waals surface area contributed by atoms with Gasteiger partial charge in [-0.3, -0.25) is 4.79 Å². The fourth-order valence-electron chi connectivity index (χ4n) is 2.46. The Morgan fingerprint density at radius 3 is 2.84 bits per heavy atom. The first-order chi connectivity index (χ1) is 12.1. The Morgan fingerprint density at radius 1 is 1.24 bits per heavy atom. The third-order valence-electron chi connectivity index (χ3n) is 4.09. The van der Waals surface area contributed by atoms with E-state index in [0.29, 0.717) is 0 Å². The summed E-state index contributed by atoms with van der Waals surface area (Å²) in [5.41, 5.74) is 0.877. The third-order valence-corrected chi connectivity index (χ3v) is 5.21. The molecule has 3 rings (SSSR count). The number of fused-ring (bicyclic) bond motifs is 1. The van der Waals surface area contributed by atoms with Crippen molar-refractivity contribution in [1.82, 2.24) is 19.7 Å². The molecule has 2 atom stereocenters. The third kappa shape index (κ3) is 3.82. The van der Waals surface area contributed by atoms with Gasteiger partial charge in [-0.05, 0) is 26.3 Å². The van der Waals surface area contributed by atoms with Gasteiger partial charge >= 0.3 is 0 Å². The first-order valence-electron chi connectivity index (χ1n) is 8.31. The second-order valence-electron chi connectivity index (χ2n) is 5.86. The molecule has 25 heavy (non-hydrogen) atoms. The van der Waals surface area contributed by atoms with Gasteiger partial charge in [-0.2, -0.15) is 5.10 Å². The Hall–Kier alpha value is -2.41. The normalized spacial score (nSPS) is 13.6. The molecule has 3 aromatic rings. The maximum atomic E-state index is 12.6. The average molecular weight is 355 g/mol. The lowest BCUT2D eigenvalue weighted by molar-refractivity contribution is -0.115.